The second kappa shape index (κ2) is 5.65. The average Bonchev–Trinajstić information content (AvgIpc) is 2.89. The van der Waals surface area contributed by atoms with Crippen molar-refractivity contribution in [3.63, 3.8) is 0 Å². The second-order valence-electron chi connectivity index (χ2n) is 4.87. The molecule has 0 saturated heterocycles. The SMILES string of the molecule is C[C@@H](NCc1c[nH]c2ncccc12)c1ccc(Cl)cc1. The van der Waals surface area contributed by atoms with Crippen LogP contribution < -0.4 is 5.32 Å². The maximum absolute atomic E-state index is 5.91. The van der Waals surface area contributed by atoms with Gasteiger partial charge in [0.25, 0.3) is 0 Å². The van der Waals surface area contributed by atoms with Gasteiger partial charge in [0.2, 0.25) is 0 Å². The fourth-order valence-corrected chi connectivity index (χ4v) is 2.42. The molecule has 0 aliphatic carbocycles. The molecular formula is C16H16ClN3. The molecule has 0 amide bonds. The van der Waals surface area contributed by atoms with Gasteiger partial charge in [-0.3, -0.25) is 0 Å². The molecule has 2 aromatic heterocycles. The molecule has 0 spiro atoms. The van der Waals surface area contributed by atoms with Crippen molar-refractivity contribution in [2.45, 2.75) is 19.5 Å². The van der Waals surface area contributed by atoms with Gasteiger partial charge in [-0.15, -0.1) is 0 Å². The number of fused-ring (bicyclic) bond motifs is 1. The quantitative estimate of drug-likeness (QED) is 0.759. The van der Waals surface area contributed by atoms with Gasteiger partial charge < -0.3 is 10.3 Å². The Morgan fingerprint density at radius 3 is 2.85 bits per heavy atom. The van der Waals surface area contributed by atoms with Gasteiger partial charge in [-0.25, -0.2) is 4.98 Å². The average molecular weight is 286 g/mol. The Balaban J connectivity index is 1.71. The first kappa shape index (κ1) is 13.2. The fourth-order valence-electron chi connectivity index (χ4n) is 2.29. The lowest BCUT2D eigenvalue weighted by molar-refractivity contribution is 0.576. The topological polar surface area (TPSA) is 40.7 Å². The number of aromatic nitrogens is 2. The molecule has 2 N–H and O–H groups in total. The van der Waals surface area contributed by atoms with Crippen LogP contribution in [0.15, 0.2) is 48.8 Å². The molecule has 3 aromatic rings. The molecule has 1 atom stereocenters. The Kier molecular flexibility index (Phi) is 3.72. The van der Waals surface area contributed by atoms with Crippen molar-refractivity contribution in [1.82, 2.24) is 15.3 Å². The van der Waals surface area contributed by atoms with E-state index in [1.54, 1.807) is 6.20 Å². The fraction of sp³-hybridized carbons (Fsp3) is 0.188. The van der Waals surface area contributed by atoms with Gasteiger partial charge in [-0.2, -0.15) is 0 Å². The van der Waals surface area contributed by atoms with Crippen molar-refractivity contribution in [2.75, 3.05) is 0 Å². The van der Waals surface area contributed by atoms with Crippen LogP contribution in [0.3, 0.4) is 0 Å². The summed E-state index contributed by atoms with van der Waals surface area (Å²) in [5.74, 6) is 0. The van der Waals surface area contributed by atoms with E-state index in [1.807, 2.05) is 24.4 Å². The molecule has 0 aliphatic rings. The predicted octanol–water partition coefficient (Wildman–Crippen LogP) is 4.07. The minimum Gasteiger partial charge on any atom is -0.346 e. The molecule has 102 valence electrons. The zero-order chi connectivity index (χ0) is 13.9. The summed E-state index contributed by atoms with van der Waals surface area (Å²) >= 11 is 5.91. The van der Waals surface area contributed by atoms with Crippen LogP contribution in [0.2, 0.25) is 5.02 Å². The third-order valence-electron chi connectivity index (χ3n) is 3.51. The molecule has 0 radical (unpaired) electrons. The minimum absolute atomic E-state index is 0.272. The molecule has 20 heavy (non-hydrogen) atoms. The van der Waals surface area contributed by atoms with E-state index >= 15 is 0 Å². The summed E-state index contributed by atoms with van der Waals surface area (Å²) in [6.45, 7) is 2.95. The largest absolute Gasteiger partial charge is 0.346 e. The van der Waals surface area contributed by atoms with Crippen molar-refractivity contribution in [2.24, 2.45) is 0 Å². The molecule has 3 nitrogen and oxygen atoms in total. The number of pyridine rings is 1. The maximum atomic E-state index is 5.91. The highest BCUT2D eigenvalue weighted by molar-refractivity contribution is 6.30. The molecule has 0 unspecified atom stereocenters. The van der Waals surface area contributed by atoms with Crippen LogP contribution in [0.25, 0.3) is 11.0 Å². The van der Waals surface area contributed by atoms with Crippen LogP contribution in [0.5, 0.6) is 0 Å². The summed E-state index contributed by atoms with van der Waals surface area (Å²) in [6, 6.07) is 12.3. The Morgan fingerprint density at radius 1 is 1.25 bits per heavy atom. The van der Waals surface area contributed by atoms with Crippen LogP contribution in [-0.4, -0.2) is 9.97 Å². The Bertz CT molecular complexity index is 703. The normalized spacial score (nSPS) is 12.7. The third kappa shape index (κ3) is 2.69. The number of rotatable bonds is 4. The lowest BCUT2D eigenvalue weighted by Crippen LogP contribution is -2.17. The zero-order valence-electron chi connectivity index (χ0n) is 11.2. The molecule has 4 heteroatoms. The van der Waals surface area contributed by atoms with Gasteiger partial charge in [-0.05, 0) is 42.3 Å². The second-order valence-corrected chi connectivity index (χ2v) is 5.30. The Hall–Kier alpha value is -1.84. The van der Waals surface area contributed by atoms with E-state index in [0.29, 0.717) is 0 Å². The van der Waals surface area contributed by atoms with Crippen LogP contribution in [-0.2, 0) is 6.54 Å². The van der Waals surface area contributed by atoms with Crippen LogP contribution in [0, 0.1) is 0 Å². The molecule has 0 bridgehead atoms. The number of hydrogen-bond donors (Lipinski definition) is 2. The van der Waals surface area contributed by atoms with Gasteiger partial charge in [0.1, 0.15) is 5.65 Å². The summed E-state index contributed by atoms with van der Waals surface area (Å²) in [7, 11) is 0. The van der Waals surface area contributed by atoms with E-state index < -0.39 is 0 Å². The lowest BCUT2D eigenvalue weighted by Gasteiger charge is -2.14. The summed E-state index contributed by atoms with van der Waals surface area (Å²) in [5.41, 5.74) is 3.39. The highest BCUT2D eigenvalue weighted by atomic mass is 35.5. The first-order valence-electron chi connectivity index (χ1n) is 6.64. The zero-order valence-corrected chi connectivity index (χ0v) is 12.0. The highest BCUT2D eigenvalue weighted by Crippen LogP contribution is 2.19. The van der Waals surface area contributed by atoms with Crippen LogP contribution >= 0.6 is 11.6 Å². The maximum Gasteiger partial charge on any atom is 0.137 e. The monoisotopic (exact) mass is 285 g/mol. The number of nitrogens with one attached hydrogen (secondary N) is 2. The first-order chi connectivity index (χ1) is 9.74. The first-order valence-corrected chi connectivity index (χ1v) is 7.01. The predicted molar refractivity (Wildman–Crippen MR) is 82.8 cm³/mol. The lowest BCUT2D eigenvalue weighted by atomic mass is 10.1. The smallest absolute Gasteiger partial charge is 0.137 e. The molecule has 1 aromatic carbocycles. The number of hydrogen-bond acceptors (Lipinski definition) is 2. The summed E-state index contributed by atoms with van der Waals surface area (Å²) < 4.78 is 0. The standard InChI is InChI=1S/C16H16ClN3/c1-11(12-4-6-14(17)7-5-12)19-9-13-10-20-16-15(13)3-2-8-18-16/h2-8,10-11,19H,9H2,1H3,(H,18,20)/t11-/m1/s1. The molecule has 3 rings (SSSR count). The summed E-state index contributed by atoms with van der Waals surface area (Å²) in [4.78, 5) is 7.49. The summed E-state index contributed by atoms with van der Waals surface area (Å²) in [5, 5.41) is 5.46. The Morgan fingerprint density at radius 2 is 2.05 bits per heavy atom. The van der Waals surface area contributed by atoms with Crippen LogP contribution in [0.1, 0.15) is 24.1 Å². The van der Waals surface area contributed by atoms with Gasteiger partial charge in [-0.1, -0.05) is 23.7 Å². The van der Waals surface area contributed by atoms with E-state index in [4.69, 9.17) is 11.6 Å². The van der Waals surface area contributed by atoms with Crippen LogP contribution in [0.4, 0.5) is 0 Å². The highest BCUT2D eigenvalue weighted by Gasteiger charge is 2.07. The van der Waals surface area contributed by atoms with Crippen molar-refractivity contribution in [3.05, 3.63) is 64.9 Å². The van der Waals surface area contributed by atoms with Crippen molar-refractivity contribution in [1.29, 1.82) is 0 Å². The number of benzene rings is 1. The number of nitrogens with zero attached hydrogens (tertiary/aromatic N) is 1. The molecule has 0 aliphatic heterocycles. The van der Waals surface area contributed by atoms with E-state index in [2.05, 4.69) is 40.4 Å². The molecule has 0 saturated carbocycles. The van der Waals surface area contributed by atoms with Gasteiger partial charge in [0, 0.05) is 35.4 Å². The van der Waals surface area contributed by atoms with Crippen molar-refractivity contribution < 1.29 is 0 Å². The van der Waals surface area contributed by atoms with Crippen molar-refractivity contribution >= 4 is 22.6 Å². The molecule has 2 heterocycles. The van der Waals surface area contributed by atoms with Crippen molar-refractivity contribution in [3.8, 4) is 0 Å². The number of H-pyrrole nitrogens is 1. The van der Waals surface area contributed by atoms with E-state index in [0.717, 1.165) is 17.2 Å². The van der Waals surface area contributed by atoms with E-state index in [1.165, 1.54) is 16.5 Å². The van der Waals surface area contributed by atoms with Gasteiger partial charge in [0.05, 0.1) is 0 Å². The van der Waals surface area contributed by atoms with E-state index in [9.17, 15) is 0 Å². The van der Waals surface area contributed by atoms with Gasteiger partial charge >= 0.3 is 0 Å². The number of halogens is 1. The molecule has 0 fully saturated rings. The summed E-state index contributed by atoms with van der Waals surface area (Å²) in [6.07, 6.45) is 3.81. The number of aromatic amines is 1. The minimum atomic E-state index is 0.272. The molecular weight excluding hydrogens is 270 g/mol. The van der Waals surface area contributed by atoms with Gasteiger partial charge in [0.15, 0.2) is 0 Å². The van der Waals surface area contributed by atoms with E-state index in [-0.39, 0.29) is 6.04 Å². The Labute approximate surface area is 123 Å². The third-order valence-corrected chi connectivity index (χ3v) is 3.76.